The first-order chi connectivity index (χ1) is 14.4. The van der Waals surface area contributed by atoms with Crippen LogP contribution in [0.1, 0.15) is 81.8 Å². The van der Waals surface area contributed by atoms with Crippen LogP contribution in [-0.2, 0) is 12.8 Å². The zero-order chi connectivity index (χ0) is 23.7. The van der Waals surface area contributed by atoms with E-state index >= 15 is 0 Å². The number of hydrogen-bond donors (Lipinski definition) is 0. The molecule has 0 heterocycles. The third-order valence-electron chi connectivity index (χ3n) is 6.77. The summed E-state index contributed by atoms with van der Waals surface area (Å²) in [5.41, 5.74) is 8.97. The first-order valence-corrected chi connectivity index (χ1v) is 14.5. The van der Waals surface area contributed by atoms with Crippen molar-refractivity contribution in [3.8, 4) is 0 Å². The highest BCUT2D eigenvalue weighted by Gasteiger charge is 2.34. The van der Waals surface area contributed by atoms with E-state index in [1.165, 1.54) is 22.3 Å². The maximum absolute atomic E-state index is 12.3. The number of aldehydes is 2. The van der Waals surface area contributed by atoms with Gasteiger partial charge in [-0.05, 0) is 96.1 Å². The first kappa shape index (κ1) is 25.3. The van der Waals surface area contributed by atoms with Gasteiger partial charge in [0.15, 0.2) is 0 Å². The molecule has 0 aliphatic carbocycles. The smallest absolute Gasteiger partial charge is 0.150 e. The summed E-state index contributed by atoms with van der Waals surface area (Å²) < 4.78 is 0. The van der Waals surface area contributed by atoms with Gasteiger partial charge in [-0.1, -0.05) is 52.9 Å². The first-order valence-electron chi connectivity index (χ1n) is 11.5. The second kappa shape index (κ2) is 9.64. The van der Waals surface area contributed by atoms with Crippen molar-refractivity contribution in [2.45, 2.75) is 81.3 Å². The van der Waals surface area contributed by atoms with E-state index in [0.717, 1.165) is 58.0 Å². The minimum absolute atomic E-state index is 0.536. The largest absolute Gasteiger partial charge is 0.298 e. The molecule has 2 aromatic carbocycles. The number of benzene rings is 2. The Morgan fingerprint density at radius 3 is 1.29 bits per heavy atom. The lowest BCUT2D eigenvalue weighted by molar-refractivity contribution is 0.111. The number of aryl methyl sites for hydroxylation is 2. The molecule has 0 aromatic heterocycles. The Bertz CT molecular complexity index is 918. The summed E-state index contributed by atoms with van der Waals surface area (Å²) in [6.45, 7) is 21.9. The standard InChI is InChI=1S/C28H40O2Si/c1-17(2)11-23-19(5)13-27(25(15-29)21(23)7)31(9,10)28-14-20(6)24(12-18(3)4)22(8)26(28)16-30/h13-18H,11-12H2,1-10H3. The number of carbonyl (C=O) groups is 2. The molecule has 2 aromatic rings. The summed E-state index contributed by atoms with van der Waals surface area (Å²) >= 11 is 0. The fourth-order valence-electron chi connectivity index (χ4n) is 5.01. The van der Waals surface area contributed by atoms with E-state index in [0.29, 0.717) is 11.8 Å². The predicted octanol–water partition coefficient (Wildman–Crippen LogP) is 5.76. The van der Waals surface area contributed by atoms with Gasteiger partial charge < -0.3 is 0 Å². The van der Waals surface area contributed by atoms with E-state index in [4.69, 9.17) is 0 Å². The van der Waals surface area contributed by atoms with Crippen LogP contribution in [0.3, 0.4) is 0 Å². The normalized spacial score (nSPS) is 12.0. The van der Waals surface area contributed by atoms with Crippen molar-refractivity contribution in [3.63, 3.8) is 0 Å². The van der Waals surface area contributed by atoms with Gasteiger partial charge in [-0.15, -0.1) is 0 Å². The Labute approximate surface area is 190 Å². The average Bonchev–Trinajstić information content (AvgIpc) is 2.67. The predicted molar refractivity (Wildman–Crippen MR) is 136 cm³/mol. The fourth-order valence-corrected chi connectivity index (χ4v) is 8.30. The molecule has 0 aliphatic heterocycles. The van der Waals surface area contributed by atoms with Crippen LogP contribution >= 0.6 is 0 Å². The van der Waals surface area contributed by atoms with Crippen LogP contribution < -0.4 is 10.4 Å². The molecule has 3 heteroatoms. The molecule has 168 valence electrons. The topological polar surface area (TPSA) is 34.1 Å². The minimum Gasteiger partial charge on any atom is -0.298 e. The molecule has 2 rings (SSSR count). The summed E-state index contributed by atoms with van der Waals surface area (Å²) in [6.07, 6.45) is 4.02. The summed E-state index contributed by atoms with van der Waals surface area (Å²) in [5, 5.41) is 2.28. The van der Waals surface area contributed by atoms with Crippen molar-refractivity contribution >= 4 is 31.0 Å². The van der Waals surface area contributed by atoms with Gasteiger partial charge in [0, 0.05) is 11.1 Å². The lowest BCUT2D eigenvalue weighted by Gasteiger charge is -2.31. The SMILES string of the molecule is Cc1cc([Si](C)(C)c2cc(C)c(CC(C)C)c(C)c2C=O)c(C=O)c(C)c1CC(C)C. The molecule has 0 fully saturated rings. The number of rotatable bonds is 8. The van der Waals surface area contributed by atoms with E-state index < -0.39 is 8.07 Å². The van der Waals surface area contributed by atoms with Gasteiger partial charge in [0.1, 0.15) is 20.6 Å². The summed E-state index contributed by atoms with van der Waals surface area (Å²) in [7, 11) is -2.30. The van der Waals surface area contributed by atoms with E-state index in [2.05, 4.69) is 80.6 Å². The number of carbonyl (C=O) groups excluding carboxylic acids is 2. The van der Waals surface area contributed by atoms with Gasteiger partial charge in [-0.3, -0.25) is 9.59 Å². The van der Waals surface area contributed by atoms with Gasteiger partial charge in [-0.2, -0.15) is 0 Å². The van der Waals surface area contributed by atoms with Crippen LogP contribution in [-0.4, -0.2) is 20.6 Å². The van der Waals surface area contributed by atoms with Gasteiger partial charge in [-0.25, -0.2) is 0 Å². The molecule has 0 spiro atoms. The van der Waals surface area contributed by atoms with Gasteiger partial charge in [0.25, 0.3) is 0 Å². The fraction of sp³-hybridized carbons (Fsp3) is 0.500. The molecule has 0 saturated carbocycles. The quantitative estimate of drug-likeness (QED) is 0.389. The van der Waals surface area contributed by atoms with Gasteiger partial charge in [0.2, 0.25) is 0 Å². The van der Waals surface area contributed by atoms with E-state index in [-0.39, 0.29) is 0 Å². The van der Waals surface area contributed by atoms with Gasteiger partial charge in [0.05, 0.1) is 0 Å². The molecular formula is C28H40O2Si. The highest BCUT2D eigenvalue weighted by Crippen LogP contribution is 2.25. The zero-order valence-electron chi connectivity index (χ0n) is 21.2. The van der Waals surface area contributed by atoms with Crippen molar-refractivity contribution in [3.05, 3.63) is 56.6 Å². The van der Waals surface area contributed by atoms with Crippen LogP contribution in [0.2, 0.25) is 13.1 Å². The van der Waals surface area contributed by atoms with Crippen molar-refractivity contribution < 1.29 is 9.59 Å². The molecule has 0 radical (unpaired) electrons. The van der Waals surface area contributed by atoms with E-state index in [9.17, 15) is 9.59 Å². The maximum Gasteiger partial charge on any atom is 0.150 e. The molecule has 31 heavy (non-hydrogen) atoms. The van der Waals surface area contributed by atoms with E-state index in [1.54, 1.807) is 0 Å². The Morgan fingerprint density at radius 1 is 0.710 bits per heavy atom. The Hall–Kier alpha value is -2.00. The van der Waals surface area contributed by atoms with Crippen molar-refractivity contribution in [1.82, 2.24) is 0 Å². The molecule has 2 nitrogen and oxygen atoms in total. The van der Waals surface area contributed by atoms with Crippen LogP contribution in [0.5, 0.6) is 0 Å². The van der Waals surface area contributed by atoms with Crippen LogP contribution in [0.25, 0.3) is 0 Å². The molecule has 0 N–H and O–H groups in total. The van der Waals surface area contributed by atoms with Crippen molar-refractivity contribution in [1.29, 1.82) is 0 Å². The van der Waals surface area contributed by atoms with Gasteiger partial charge >= 0.3 is 0 Å². The zero-order valence-corrected chi connectivity index (χ0v) is 22.2. The molecule has 0 amide bonds. The van der Waals surface area contributed by atoms with Crippen LogP contribution in [0.4, 0.5) is 0 Å². The van der Waals surface area contributed by atoms with Crippen LogP contribution in [0, 0.1) is 39.5 Å². The van der Waals surface area contributed by atoms with Crippen LogP contribution in [0.15, 0.2) is 12.1 Å². The average molecular weight is 437 g/mol. The minimum atomic E-state index is -2.30. The Morgan fingerprint density at radius 2 is 1.03 bits per heavy atom. The molecule has 0 atom stereocenters. The van der Waals surface area contributed by atoms with Crippen molar-refractivity contribution in [2.24, 2.45) is 11.8 Å². The highest BCUT2D eigenvalue weighted by molar-refractivity contribution is 7.01. The number of hydrogen-bond acceptors (Lipinski definition) is 2. The summed E-state index contributed by atoms with van der Waals surface area (Å²) in [4.78, 5) is 24.6. The Balaban J connectivity index is 2.81. The third kappa shape index (κ3) is 4.92. The molecule has 0 saturated heterocycles. The van der Waals surface area contributed by atoms with E-state index in [1.807, 2.05) is 0 Å². The molecule has 0 bridgehead atoms. The molecule has 0 unspecified atom stereocenters. The lowest BCUT2D eigenvalue weighted by atomic mass is 9.91. The second-order valence-corrected chi connectivity index (χ2v) is 14.9. The maximum atomic E-state index is 12.3. The Kier molecular flexibility index (Phi) is 7.86. The lowest BCUT2D eigenvalue weighted by Crippen LogP contribution is -2.56. The summed E-state index contributed by atoms with van der Waals surface area (Å²) in [6, 6.07) is 4.48. The van der Waals surface area contributed by atoms with Crippen molar-refractivity contribution in [2.75, 3.05) is 0 Å². The third-order valence-corrected chi connectivity index (χ3v) is 10.3. The second-order valence-electron chi connectivity index (χ2n) is 10.6. The molecular weight excluding hydrogens is 396 g/mol. The summed E-state index contributed by atoms with van der Waals surface area (Å²) in [5.74, 6) is 1.07. The molecule has 0 aliphatic rings. The monoisotopic (exact) mass is 436 g/mol. The highest BCUT2D eigenvalue weighted by atomic mass is 28.3.